The van der Waals surface area contributed by atoms with Gasteiger partial charge in [0.2, 0.25) is 5.79 Å². The molecule has 0 saturated carbocycles. The van der Waals surface area contributed by atoms with E-state index >= 15 is 0 Å². The van der Waals surface area contributed by atoms with Crippen molar-refractivity contribution in [3.63, 3.8) is 0 Å². The van der Waals surface area contributed by atoms with Gasteiger partial charge in [0.1, 0.15) is 12.0 Å². The molecule has 1 fully saturated rings. The summed E-state index contributed by atoms with van der Waals surface area (Å²) < 4.78 is 16.2. The number of hydrogen-bond acceptors (Lipinski definition) is 5. The number of ether oxygens (including phenoxy) is 2. The fourth-order valence-corrected chi connectivity index (χ4v) is 2.11. The molecule has 1 aromatic rings. The Hall–Kier alpha value is -0.910. The second-order valence-corrected chi connectivity index (χ2v) is 4.22. The smallest absolute Gasteiger partial charge is 0.215 e. The lowest BCUT2D eigenvalue weighted by atomic mass is 10.0. The quantitative estimate of drug-likeness (QED) is 0.738. The molecular formula is C12H19NO4. The third kappa shape index (κ3) is 3.06. The molecule has 0 unspecified atom stereocenters. The van der Waals surface area contributed by atoms with Crippen molar-refractivity contribution in [1.29, 1.82) is 0 Å². The second-order valence-electron chi connectivity index (χ2n) is 4.22. The summed E-state index contributed by atoms with van der Waals surface area (Å²) in [6.45, 7) is 1.47. The molecule has 0 aliphatic carbocycles. The van der Waals surface area contributed by atoms with Crippen LogP contribution < -0.4 is 0 Å². The van der Waals surface area contributed by atoms with Crippen molar-refractivity contribution in [3.05, 3.63) is 18.0 Å². The molecule has 0 spiro atoms. The average molecular weight is 241 g/mol. The zero-order valence-corrected chi connectivity index (χ0v) is 9.93. The number of nitrogens with zero attached hydrogens (tertiary/aromatic N) is 1. The summed E-state index contributed by atoms with van der Waals surface area (Å²) >= 11 is 0. The minimum atomic E-state index is -0.702. The minimum Gasteiger partial charge on any atom is -0.396 e. The Bertz CT molecular complexity index is 306. The first-order valence-electron chi connectivity index (χ1n) is 6.17. The first kappa shape index (κ1) is 12.5. The maximum atomic E-state index is 8.71. The first-order chi connectivity index (χ1) is 8.37. The van der Waals surface area contributed by atoms with Crippen molar-refractivity contribution in [2.75, 3.05) is 19.8 Å². The zero-order valence-electron chi connectivity index (χ0n) is 9.93. The van der Waals surface area contributed by atoms with Gasteiger partial charge in [-0.05, 0) is 12.8 Å². The average Bonchev–Trinajstić information content (AvgIpc) is 3.00. The molecule has 17 heavy (non-hydrogen) atoms. The van der Waals surface area contributed by atoms with Crippen molar-refractivity contribution in [2.45, 2.75) is 37.9 Å². The molecule has 96 valence electrons. The highest BCUT2D eigenvalue weighted by atomic mass is 16.7. The lowest BCUT2D eigenvalue weighted by Gasteiger charge is -2.24. The summed E-state index contributed by atoms with van der Waals surface area (Å²) in [5.41, 5.74) is 0.720. The van der Waals surface area contributed by atoms with Crippen LogP contribution in [0.5, 0.6) is 0 Å². The predicted molar refractivity (Wildman–Crippen MR) is 60.3 cm³/mol. The normalized spacial score (nSPS) is 18.6. The second kappa shape index (κ2) is 6.14. The van der Waals surface area contributed by atoms with Crippen LogP contribution in [0.25, 0.3) is 0 Å². The van der Waals surface area contributed by atoms with Crippen LogP contribution in [0.2, 0.25) is 0 Å². The minimum absolute atomic E-state index is 0.265. The molecule has 0 amide bonds. The first-order valence-corrected chi connectivity index (χ1v) is 6.17. The molecule has 0 bridgehead atoms. The van der Waals surface area contributed by atoms with Crippen LogP contribution in [0.1, 0.15) is 37.8 Å². The van der Waals surface area contributed by atoms with Crippen molar-refractivity contribution in [2.24, 2.45) is 0 Å². The molecule has 0 radical (unpaired) electrons. The summed E-state index contributed by atoms with van der Waals surface area (Å²) in [6.07, 6.45) is 6.27. The van der Waals surface area contributed by atoms with Crippen LogP contribution in [-0.4, -0.2) is 30.1 Å². The largest absolute Gasteiger partial charge is 0.396 e. The maximum absolute atomic E-state index is 8.71. The van der Waals surface area contributed by atoms with Gasteiger partial charge < -0.3 is 19.1 Å². The van der Waals surface area contributed by atoms with Crippen LogP contribution in [0.4, 0.5) is 0 Å². The summed E-state index contributed by atoms with van der Waals surface area (Å²) in [6, 6.07) is 1.79. The number of hydrogen-bond donors (Lipinski definition) is 1. The van der Waals surface area contributed by atoms with E-state index in [0.29, 0.717) is 13.2 Å². The van der Waals surface area contributed by atoms with E-state index < -0.39 is 5.79 Å². The Morgan fingerprint density at radius 1 is 1.18 bits per heavy atom. The molecule has 0 aromatic carbocycles. The third-order valence-corrected chi connectivity index (χ3v) is 3.00. The van der Waals surface area contributed by atoms with Gasteiger partial charge in [0.05, 0.1) is 13.2 Å². The maximum Gasteiger partial charge on any atom is 0.215 e. The number of rotatable bonds is 7. The van der Waals surface area contributed by atoms with E-state index in [1.54, 1.807) is 6.07 Å². The van der Waals surface area contributed by atoms with Gasteiger partial charge in [0, 0.05) is 19.1 Å². The molecule has 2 heterocycles. The van der Waals surface area contributed by atoms with Gasteiger partial charge >= 0.3 is 0 Å². The van der Waals surface area contributed by atoms with E-state index in [-0.39, 0.29) is 6.61 Å². The number of aliphatic hydroxyl groups is 1. The van der Waals surface area contributed by atoms with Gasteiger partial charge in [-0.3, -0.25) is 0 Å². The van der Waals surface area contributed by atoms with Gasteiger partial charge in [-0.2, -0.15) is 0 Å². The predicted octanol–water partition coefficient (Wildman–Crippen LogP) is 1.82. The molecule has 1 aliphatic heterocycles. The number of aliphatic hydroxyl groups excluding tert-OH is 1. The fraction of sp³-hybridized carbons (Fsp3) is 0.750. The standard InChI is InChI=1S/C12H19NO4/c14-7-4-2-1-3-6-12(15-9-10-16-12)11-5-8-17-13-11/h5,8,14H,1-4,6-7,9-10H2. The summed E-state index contributed by atoms with van der Waals surface area (Å²) in [7, 11) is 0. The molecule has 1 aromatic heterocycles. The Labute approximate surface area is 101 Å². The van der Waals surface area contributed by atoms with E-state index in [4.69, 9.17) is 19.1 Å². The van der Waals surface area contributed by atoms with Crippen LogP contribution in [0.3, 0.4) is 0 Å². The molecule has 0 atom stereocenters. The Kier molecular flexibility index (Phi) is 4.53. The molecular weight excluding hydrogens is 222 g/mol. The monoisotopic (exact) mass is 241 g/mol. The molecule has 5 heteroatoms. The van der Waals surface area contributed by atoms with E-state index in [0.717, 1.165) is 37.8 Å². The Morgan fingerprint density at radius 2 is 1.94 bits per heavy atom. The lowest BCUT2D eigenvalue weighted by molar-refractivity contribution is -0.175. The molecule has 2 rings (SSSR count). The Balaban J connectivity index is 1.85. The third-order valence-electron chi connectivity index (χ3n) is 3.00. The Morgan fingerprint density at radius 3 is 2.59 bits per heavy atom. The van der Waals surface area contributed by atoms with E-state index in [2.05, 4.69) is 5.16 Å². The molecule has 5 nitrogen and oxygen atoms in total. The highest BCUT2D eigenvalue weighted by molar-refractivity contribution is 5.06. The summed E-state index contributed by atoms with van der Waals surface area (Å²) in [4.78, 5) is 0. The molecule has 1 N–H and O–H groups in total. The highest BCUT2D eigenvalue weighted by Gasteiger charge is 2.40. The van der Waals surface area contributed by atoms with Crippen LogP contribution >= 0.6 is 0 Å². The SMILES string of the molecule is OCCCCCCC1(c2ccon2)OCCO1. The summed E-state index contributed by atoms with van der Waals surface area (Å²) in [5, 5.41) is 12.6. The van der Waals surface area contributed by atoms with Gasteiger partial charge in [0.25, 0.3) is 0 Å². The van der Waals surface area contributed by atoms with Crippen molar-refractivity contribution in [1.82, 2.24) is 5.16 Å². The lowest BCUT2D eigenvalue weighted by Crippen LogP contribution is -2.27. The van der Waals surface area contributed by atoms with Crippen LogP contribution in [-0.2, 0) is 15.3 Å². The highest BCUT2D eigenvalue weighted by Crippen LogP contribution is 2.35. The van der Waals surface area contributed by atoms with Crippen LogP contribution in [0, 0.1) is 0 Å². The fourth-order valence-electron chi connectivity index (χ4n) is 2.11. The van der Waals surface area contributed by atoms with E-state index in [1.807, 2.05) is 0 Å². The van der Waals surface area contributed by atoms with Crippen LogP contribution in [0.15, 0.2) is 16.9 Å². The topological polar surface area (TPSA) is 64.7 Å². The molecule has 1 aliphatic rings. The van der Waals surface area contributed by atoms with Crippen molar-refractivity contribution in [3.8, 4) is 0 Å². The van der Waals surface area contributed by atoms with E-state index in [9.17, 15) is 0 Å². The van der Waals surface area contributed by atoms with Gasteiger partial charge in [0.15, 0.2) is 0 Å². The van der Waals surface area contributed by atoms with Gasteiger partial charge in [-0.15, -0.1) is 0 Å². The number of unbranched alkanes of at least 4 members (excludes halogenated alkanes) is 3. The van der Waals surface area contributed by atoms with Crippen molar-refractivity contribution < 1.29 is 19.1 Å². The van der Waals surface area contributed by atoms with Crippen molar-refractivity contribution >= 4 is 0 Å². The molecule has 1 saturated heterocycles. The van der Waals surface area contributed by atoms with Gasteiger partial charge in [-0.1, -0.05) is 18.0 Å². The van der Waals surface area contributed by atoms with Gasteiger partial charge in [-0.25, -0.2) is 0 Å². The zero-order chi connectivity index (χ0) is 12.0. The summed E-state index contributed by atoms with van der Waals surface area (Å²) in [5.74, 6) is -0.702. The number of aromatic nitrogens is 1. The van der Waals surface area contributed by atoms with E-state index in [1.165, 1.54) is 6.26 Å².